The lowest BCUT2D eigenvalue weighted by Gasteiger charge is -2.38. The predicted octanol–water partition coefficient (Wildman–Crippen LogP) is 1.68. The van der Waals surface area contributed by atoms with Gasteiger partial charge in [0.1, 0.15) is 5.60 Å². The van der Waals surface area contributed by atoms with Crippen molar-refractivity contribution >= 4 is 12.1 Å². The number of methoxy groups -OCH3 is 1. The van der Waals surface area contributed by atoms with E-state index in [2.05, 4.69) is 10.2 Å². The molecular formula is C15H26N2O4. The average Bonchev–Trinajstić information content (AvgIpc) is 2.58. The quantitative estimate of drug-likeness (QED) is 0.803. The summed E-state index contributed by atoms with van der Waals surface area (Å²) in [5.74, 6) is -0.189. The smallest absolute Gasteiger partial charge is 0.407 e. The molecule has 0 radical (unpaired) electrons. The summed E-state index contributed by atoms with van der Waals surface area (Å²) in [6.07, 6.45) is 3.54. The third-order valence-electron chi connectivity index (χ3n) is 4.14. The molecule has 0 spiro atoms. The minimum atomic E-state index is -0.478. The van der Waals surface area contributed by atoms with Crippen LogP contribution in [0.1, 0.15) is 46.5 Å². The summed E-state index contributed by atoms with van der Waals surface area (Å²) >= 11 is 0. The summed E-state index contributed by atoms with van der Waals surface area (Å²) in [7, 11) is 1.42. The number of esters is 1. The molecule has 2 fully saturated rings. The number of rotatable bonds is 3. The van der Waals surface area contributed by atoms with Gasteiger partial charge in [-0.3, -0.25) is 9.69 Å². The summed E-state index contributed by atoms with van der Waals surface area (Å²) < 4.78 is 10.1. The van der Waals surface area contributed by atoms with Gasteiger partial charge in [-0.05, 0) is 46.5 Å². The monoisotopic (exact) mass is 298 g/mol. The van der Waals surface area contributed by atoms with E-state index < -0.39 is 5.60 Å². The molecular weight excluding hydrogens is 272 g/mol. The van der Waals surface area contributed by atoms with E-state index in [1.807, 2.05) is 20.8 Å². The van der Waals surface area contributed by atoms with Crippen molar-refractivity contribution in [3.05, 3.63) is 0 Å². The maximum Gasteiger partial charge on any atom is 0.407 e. The van der Waals surface area contributed by atoms with Crippen molar-refractivity contribution in [1.29, 1.82) is 0 Å². The van der Waals surface area contributed by atoms with Gasteiger partial charge in [0.2, 0.25) is 0 Å². The van der Waals surface area contributed by atoms with E-state index in [4.69, 9.17) is 9.47 Å². The molecule has 1 amide bonds. The number of alkyl carbamates (subject to hydrolysis) is 1. The second-order valence-electron chi connectivity index (χ2n) is 6.95. The molecule has 0 aliphatic carbocycles. The van der Waals surface area contributed by atoms with Gasteiger partial charge in [-0.25, -0.2) is 4.79 Å². The minimum Gasteiger partial charge on any atom is -0.468 e. The Kier molecular flexibility index (Phi) is 4.76. The molecule has 0 aromatic heterocycles. The molecule has 120 valence electrons. The Morgan fingerprint density at radius 1 is 1.19 bits per heavy atom. The molecule has 2 aliphatic rings. The van der Waals surface area contributed by atoms with Gasteiger partial charge in [0.05, 0.1) is 13.7 Å². The van der Waals surface area contributed by atoms with Crippen molar-refractivity contribution in [2.45, 2.75) is 70.2 Å². The molecule has 1 N–H and O–H groups in total. The van der Waals surface area contributed by atoms with E-state index in [1.54, 1.807) is 0 Å². The number of amides is 1. The fraction of sp³-hybridized carbons (Fsp3) is 0.867. The summed E-state index contributed by atoms with van der Waals surface area (Å²) in [5.41, 5.74) is -0.478. The molecule has 21 heavy (non-hydrogen) atoms. The van der Waals surface area contributed by atoms with Crippen LogP contribution < -0.4 is 5.32 Å². The molecule has 6 nitrogen and oxygen atoms in total. The van der Waals surface area contributed by atoms with E-state index in [-0.39, 0.29) is 18.1 Å². The summed E-state index contributed by atoms with van der Waals surface area (Å²) in [6.45, 7) is 5.92. The predicted molar refractivity (Wildman–Crippen MR) is 77.9 cm³/mol. The van der Waals surface area contributed by atoms with Crippen molar-refractivity contribution < 1.29 is 19.1 Å². The molecule has 2 saturated heterocycles. The van der Waals surface area contributed by atoms with E-state index in [1.165, 1.54) is 7.11 Å². The zero-order valence-electron chi connectivity index (χ0n) is 13.3. The molecule has 2 bridgehead atoms. The Bertz CT molecular complexity index is 391. The minimum absolute atomic E-state index is 0.131. The topological polar surface area (TPSA) is 67.9 Å². The van der Waals surface area contributed by atoms with Gasteiger partial charge in [0.25, 0.3) is 0 Å². The number of fused-ring (bicyclic) bond motifs is 2. The highest BCUT2D eigenvalue weighted by Gasteiger charge is 2.42. The Morgan fingerprint density at radius 2 is 1.76 bits per heavy atom. The Balaban J connectivity index is 1.86. The number of hydrogen-bond donors (Lipinski definition) is 1. The van der Waals surface area contributed by atoms with Crippen LogP contribution in [0.25, 0.3) is 0 Å². The summed E-state index contributed by atoms with van der Waals surface area (Å²) in [5, 5.41) is 2.96. The summed E-state index contributed by atoms with van der Waals surface area (Å²) in [4.78, 5) is 25.5. The number of nitrogens with zero attached hydrogens (tertiary/aromatic N) is 1. The van der Waals surface area contributed by atoms with Gasteiger partial charge < -0.3 is 14.8 Å². The number of ether oxygens (including phenoxy) is 2. The van der Waals surface area contributed by atoms with Crippen molar-refractivity contribution in [2.24, 2.45) is 0 Å². The second-order valence-corrected chi connectivity index (χ2v) is 6.95. The molecule has 3 atom stereocenters. The highest BCUT2D eigenvalue weighted by atomic mass is 16.6. The van der Waals surface area contributed by atoms with Crippen LogP contribution >= 0.6 is 0 Å². The highest BCUT2D eigenvalue weighted by Crippen LogP contribution is 2.35. The van der Waals surface area contributed by atoms with Crippen LogP contribution in [-0.4, -0.2) is 54.3 Å². The van der Waals surface area contributed by atoms with Crippen LogP contribution in [0.5, 0.6) is 0 Å². The Hall–Kier alpha value is -1.30. The van der Waals surface area contributed by atoms with Crippen molar-refractivity contribution in [2.75, 3.05) is 13.7 Å². The van der Waals surface area contributed by atoms with Crippen LogP contribution in [0.4, 0.5) is 4.79 Å². The van der Waals surface area contributed by atoms with E-state index >= 15 is 0 Å². The first-order valence-corrected chi connectivity index (χ1v) is 7.60. The van der Waals surface area contributed by atoms with Crippen LogP contribution in [0.15, 0.2) is 0 Å². The second kappa shape index (κ2) is 6.22. The number of piperidine rings is 1. The fourth-order valence-electron chi connectivity index (χ4n) is 3.34. The summed E-state index contributed by atoms with van der Waals surface area (Å²) in [6, 6.07) is 0.830. The van der Waals surface area contributed by atoms with Gasteiger partial charge in [0, 0.05) is 18.1 Å². The molecule has 2 rings (SSSR count). The standard InChI is InChI=1S/C15H26N2O4/c1-15(2,3)21-14(19)16-10-7-11-5-6-12(8-10)17(11)9-13(18)20-4/h10-12H,5-9H2,1-4H3,(H,16,19)/t10-,11-,12+. The number of nitrogens with one attached hydrogen (secondary N) is 1. The van der Waals surface area contributed by atoms with E-state index in [0.29, 0.717) is 18.6 Å². The van der Waals surface area contributed by atoms with E-state index in [9.17, 15) is 9.59 Å². The Morgan fingerprint density at radius 3 is 2.24 bits per heavy atom. The molecule has 0 aromatic carbocycles. The zero-order valence-corrected chi connectivity index (χ0v) is 13.3. The lowest BCUT2D eigenvalue weighted by Crippen LogP contribution is -2.52. The normalized spacial score (nSPS) is 29.0. The van der Waals surface area contributed by atoms with Gasteiger partial charge in [0.15, 0.2) is 0 Å². The van der Waals surface area contributed by atoms with Gasteiger partial charge in [-0.2, -0.15) is 0 Å². The van der Waals surface area contributed by atoms with Crippen molar-refractivity contribution in [3.8, 4) is 0 Å². The zero-order chi connectivity index (χ0) is 15.6. The van der Waals surface area contributed by atoms with Crippen LogP contribution in [-0.2, 0) is 14.3 Å². The lowest BCUT2D eigenvalue weighted by atomic mass is 9.97. The van der Waals surface area contributed by atoms with Crippen molar-refractivity contribution in [3.63, 3.8) is 0 Å². The fourth-order valence-corrected chi connectivity index (χ4v) is 3.34. The van der Waals surface area contributed by atoms with Crippen LogP contribution in [0.3, 0.4) is 0 Å². The van der Waals surface area contributed by atoms with Crippen LogP contribution in [0, 0.1) is 0 Å². The average molecular weight is 298 g/mol. The van der Waals surface area contributed by atoms with Gasteiger partial charge >= 0.3 is 12.1 Å². The van der Waals surface area contributed by atoms with Crippen LogP contribution in [0.2, 0.25) is 0 Å². The maximum atomic E-state index is 11.8. The first-order valence-electron chi connectivity index (χ1n) is 7.60. The molecule has 2 heterocycles. The maximum absolute atomic E-state index is 11.8. The van der Waals surface area contributed by atoms with Crippen molar-refractivity contribution in [1.82, 2.24) is 10.2 Å². The van der Waals surface area contributed by atoms with Gasteiger partial charge in [-0.15, -0.1) is 0 Å². The molecule has 0 aromatic rings. The first-order chi connectivity index (χ1) is 9.78. The third-order valence-corrected chi connectivity index (χ3v) is 4.14. The number of carbonyl (C=O) groups excluding carboxylic acids is 2. The van der Waals surface area contributed by atoms with Gasteiger partial charge in [-0.1, -0.05) is 0 Å². The third kappa shape index (κ3) is 4.33. The molecule has 6 heteroatoms. The molecule has 0 unspecified atom stereocenters. The Labute approximate surface area is 126 Å². The number of carbonyl (C=O) groups is 2. The lowest BCUT2D eigenvalue weighted by molar-refractivity contribution is -0.143. The SMILES string of the molecule is COC(=O)CN1[C@@H]2CC[C@H]1C[C@H](NC(=O)OC(C)(C)C)C2. The first kappa shape index (κ1) is 16.1. The number of hydrogen-bond acceptors (Lipinski definition) is 5. The van der Waals surface area contributed by atoms with E-state index in [0.717, 1.165) is 25.7 Å². The molecule has 2 aliphatic heterocycles. The molecule has 0 saturated carbocycles. The highest BCUT2D eigenvalue weighted by molar-refractivity contribution is 5.71. The largest absolute Gasteiger partial charge is 0.468 e.